The van der Waals surface area contributed by atoms with Gasteiger partial charge in [-0.15, -0.1) is 11.3 Å². The average Bonchev–Trinajstić information content (AvgIpc) is 2.59. The second-order valence-electron chi connectivity index (χ2n) is 4.64. The monoisotopic (exact) mass is 241 g/mol. The normalized spacial score (nSPS) is 13.7. The van der Waals surface area contributed by atoms with Crippen molar-refractivity contribution in [1.82, 2.24) is 15.2 Å². The van der Waals surface area contributed by atoms with E-state index in [9.17, 15) is 0 Å². The van der Waals surface area contributed by atoms with Crippen LogP contribution in [0.1, 0.15) is 24.5 Å². The minimum atomic E-state index is 0.562. The molecule has 0 spiro atoms. The van der Waals surface area contributed by atoms with Gasteiger partial charge in [0.1, 0.15) is 0 Å². The first-order valence-electron chi connectivity index (χ1n) is 5.80. The third-order valence-electron chi connectivity index (χ3n) is 2.83. The minimum absolute atomic E-state index is 0.562. The van der Waals surface area contributed by atoms with Crippen LogP contribution in [0.2, 0.25) is 0 Å². The number of nitrogens with zero attached hydrogens (tertiary/aromatic N) is 2. The molecule has 0 bridgehead atoms. The second-order valence-corrected chi connectivity index (χ2v) is 5.70. The number of nitrogens with one attached hydrogen (secondary N) is 1. The van der Waals surface area contributed by atoms with E-state index in [4.69, 9.17) is 0 Å². The Morgan fingerprint density at radius 2 is 2.19 bits per heavy atom. The standard InChI is InChI=1S/C12H23N3S/c1-9(2)12(6-13-4)15(5)7-11-8-16-10(3)14-11/h8-9,12-13H,6-7H2,1-5H3. The molecule has 0 saturated heterocycles. The summed E-state index contributed by atoms with van der Waals surface area (Å²) in [7, 11) is 4.19. The van der Waals surface area contributed by atoms with Crippen molar-refractivity contribution in [2.75, 3.05) is 20.6 Å². The maximum Gasteiger partial charge on any atom is 0.0897 e. The summed E-state index contributed by atoms with van der Waals surface area (Å²) in [6.45, 7) is 8.56. The van der Waals surface area contributed by atoms with Gasteiger partial charge in [0.05, 0.1) is 10.7 Å². The Bertz CT molecular complexity index is 309. The zero-order valence-corrected chi connectivity index (χ0v) is 11.8. The molecule has 1 aromatic heterocycles. The number of hydrogen-bond donors (Lipinski definition) is 1. The van der Waals surface area contributed by atoms with Crippen LogP contribution < -0.4 is 5.32 Å². The van der Waals surface area contributed by atoms with E-state index in [-0.39, 0.29) is 0 Å². The van der Waals surface area contributed by atoms with Crippen molar-refractivity contribution in [2.45, 2.75) is 33.4 Å². The molecule has 4 heteroatoms. The Morgan fingerprint density at radius 1 is 1.50 bits per heavy atom. The van der Waals surface area contributed by atoms with Gasteiger partial charge in [-0.3, -0.25) is 4.90 Å². The third kappa shape index (κ3) is 3.85. The van der Waals surface area contributed by atoms with Crippen LogP contribution in [0.25, 0.3) is 0 Å². The highest BCUT2D eigenvalue weighted by molar-refractivity contribution is 7.09. The van der Waals surface area contributed by atoms with Gasteiger partial charge in [-0.05, 0) is 26.9 Å². The molecule has 1 rings (SSSR count). The molecule has 0 saturated carbocycles. The Kier molecular flexibility index (Phi) is 5.38. The third-order valence-corrected chi connectivity index (χ3v) is 3.65. The van der Waals surface area contributed by atoms with Crippen molar-refractivity contribution in [3.05, 3.63) is 16.1 Å². The van der Waals surface area contributed by atoms with E-state index in [1.807, 2.05) is 7.05 Å². The highest BCUT2D eigenvalue weighted by Gasteiger charge is 2.18. The van der Waals surface area contributed by atoms with E-state index in [0.29, 0.717) is 12.0 Å². The van der Waals surface area contributed by atoms with Gasteiger partial charge in [0, 0.05) is 24.5 Å². The smallest absolute Gasteiger partial charge is 0.0897 e. The van der Waals surface area contributed by atoms with Crippen molar-refractivity contribution < 1.29 is 0 Å². The summed E-state index contributed by atoms with van der Waals surface area (Å²) in [4.78, 5) is 6.89. The molecule has 1 N–H and O–H groups in total. The zero-order valence-electron chi connectivity index (χ0n) is 10.9. The van der Waals surface area contributed by atoms with Crippen molar-refractivity contribution in [2.24, 2.45) is 5.92 Å². The molecule has 0 amide bonds. The molecule has 1 heterocycles. The van der Waals surface area contributed by atoms with Gasteiger partial charge < -0.3 is 5.32 Å². The molecular weight excluding hydrogens is 218 g/mol. The lowest BCUT2D eigenvalue weighted by atomic mass is 10.0. The molecule has 1 aromatic rings. The summed E-state index contributed by atoms with van der Waals surface area (Å²) < 4.78 is 0. The van der Waals surface area contributed by atoms with E-state index in [1.165, 1.54) is 5.69 Å². The summed E-state index contributed by atoms with van der Waals surface area (Å²) in [5, 5.41) is 6.57. The number of aryl methyl sites for hydroxylation is 1. The van der Waals surface area contributed by atoms with Crippen LogP contribution in [0.4, 0.5) is 0 Å². The van der Waals surface area contributed by atoms with Gasteiger partial charge in [-0.2, -0.15) is 0 Å². The van der Waals surface area contributed by atoms with E-state index in [1.54, 1.807) is 11.3 Å². The topological polar surface area (TPSA) is 28.2 Å². The lowest BCUT2D eigenvalue weighted by molar-refractivity contribution is 0.180. The molecule has 0 radical (unpaired) electrons. The van der Waals surface area contributed by atoms with Gasteiger partial charge >= 0.3 is 0 Å². The van der Waals surface area contributed by atoms with Crippen molar-refractivity contribution in [3.8, 4) is 0 Å². The van der Waals surface area contributed by atoms with Crippen molar-refractivity contribution >= 4 is 11.3 Å². The number of rotatable bonds is 6. The number of hydrogen-bond acceptors (Lipinski definition) is 4. The van der Waals surface area contributed by atoms with Gasteiger partial charge in [0.15, 0.2) is 0 Å². The average molecular weight is 241 g/mol. The van der Waals surface area contributed by atoms with Gasteiger partial charge in [-0.1, -0.05) is 13.8 Å². The maximum absolute atomic E-state index is 4.51. The van der Waals surface area contributed by atoms with Gasteiger partial charge in [-0.25, -0.2) is 4.98 Å². The minimum Gasteiger partial charge on any atom is -0.318 e. The molecule has 1 unspecified atom stereocenters. The van der Waals surface area contributed by atoms with Gasteiger partial charge in [0.25, 0.3) is 0 Å². The van der Waals surface area contributed by atoms with Gasteiger partial charge in [0.2, 0.25) is 0 Å². The summed E-state index contributed by atoms with van der Waals surface area (Å²) in [5.41, 5.74) is 1.19. The van der Waals surface area contributed by atoms with Crippen LogP contribution >= 0.6 is 11.3 Å². The molecule has 3 nitrogen and oxygen atoms in total. The molecule has 0 aliphatic heterocycles. The van der Waals surface area contributed by atoms with Crippen LogP contribution in [-0.4, -0.2) is 36.6 Å². The molecule has 0 fully saturated rings. The Morgan fingerprint density at radius 3 is 2.62 bits per heavy atom. The summed E-state index contributed by atoms with van der Waals surface area (Å²) in [6, 6.07) is 0.562. The van der Waals surface area contributed by atoms with Crippen LogP contribution in [0.15, 0.2) is 5.38 Å². The zero-order chi connectivity index (χ0) is 12.1. The highest BCUT2D eigenvalue weighted by atomic mass is 32.1. The predicted octanol–water partition coefficient (Wildman–Crippen LogP) is 2.13. The van der Waals surface area contributed by atoms with E-state index in [0.717, 1.165) is 18.1 Å². The first-order valence-corrected chi connectivity index (χ1v) is 6.68. The number of aromatic nitrogens is 1. The predicted molar refractivity (Wildman–Crippen MR) is 70.9 cm³/mol. The quantitative estimate of drug-likeness (QED) is 0.827. The molecule has 0 aliphatic rings. The van der Waals surface area contributed by atoms with Crippen LogP contribution in [0, 0.1) is 12.8 Å². The van der Waals surface area contributed by atoms with Crippen LogP contribution in [0.3, 0.4) is 0 Å². The molecule has 0 aromatic carbocycles. The van der Waals surface area contributed by atoms with Crippen molar-refractivity contribution in [1.29, 1.82) is 0 Å². The summed E-state index contributed by atoms with van der Waals surface area (Å²) in [5.74, 6) is 0.650. The summed E-state index contributed by atoms with van der Waals surface area (Å²) >= 11 is 1.73. The SMILES string of the molecule is CNCC(C(C)C)N(C)Cc1csc(C)n1. The summed E-state index contributed by atoms with van der Waals surface area (Å²) in [6.07, 6.45) is 0. The first kappa shape index (κ1) is 13.6. The van der Waals surface area contributed by atoms with Crippen molar-refractivity contribution in [3.63, 3.8) is 0 Å². The fraction of sp³-hybridized carbons (Fsp3) is 0.750. The highest BCUT2D eigenvalue weighted by Crippen LogP contribution is 2.14. The molecule has 0 aliphatic carbocycles. The fourth-order valence-electron chi connectivity index (χ4n) is 1.96. The number of thiazole rings is 1. The molecular formula is C12H23N3S. The lowest BCUT2D eigenvalue weighted by Crippen LogP contribution is -2.42. The Hall–Kier alpha value is -0.450. The maximum atomic E-state index is 4.51. The lowest BCUT2D eigenvalue weighted by Gasteiger charge is -2.30. The van der Waals surface area contributed by atoms with E-state index < -0.39 is 0 Å². The molecule has 1 atom stereocenters. The Balaban J connectivity index is 2.57. The van der Waals surface area contributed by atoms with E-state index in [2.05, 4.69) is 48.4 Å². The number of likely N-dealkylation sites (N-methyl/N-ethyl adjacent to an activating group) is 2. The molecule has 92 valence electrons. The second kappa shape index (κ2) is 6.33. The first-order chi connectivity index (χ1) is 7.54. The van der Waals surface area contributed by atoms with Crippen LogP contribution in [0.5, 0.6) is 0 Å². The molecule has 16 heavy (non-hydrogen) atoms. The fourth-order valence-corrected chi connectivity index (χ4v) is 2.57. The largest absolute Gasteiger partial charge is 0.318 e. The van der Waals surface area contributed by atoms with Crippen LogP contribution in [-0.2, 0) is 6.54 Å². The Labute approximate surface area is 103 Å². The van der Waals surface area contributed by atoms with E-state index >= 15 is 0 Å².